The van der Waals surface area contributed by atoms with E-state index in [0.717, 1.165) is 69.6 Å². The zero-order valence-electron chi connectivity index (χ0n) is 34.7. The van der Waals surface area contributed by atoms with Gasteiger partial charge in [-0.05, 0) is 31.1 Å². The lowest BCUT2D eigenvalue weighted by Gasteiger charge is -2.18. The van der Waals surface area contributed by atoms with Gasteiger partial charge in [-0.15, -0.1) is 0 Å². The third-order valence-corrected chi connectivity index (χ3v) is 10.7. The Bertz CT molecular complexity index is 783. The van der Waals surface area contributed by atoms with Gasteiger partial charge in [-0.2, -0.15) is 0 Å². The maximum atomic E-state index is 12.7. The van der Waals surface area contributed by atoms with Crippen LogP contribution >= 0.6 is 0 Å². The molecule has 0 aliphatic rings. The molecule has 0 aromatic heterocycles. The Hall–Kier alpha value is -1.59. The molecule has 0 aliphatic carbocycles. The van der Waals surface area contributed by atoms with Crippen molar-refractivity contribution in [3.05, 3.63) is 0 Å². The van der Waals surface area contributed by atoms with E-state index in [1.54, 1.807) is 0 Å². The average Bonchev–Trinajstić information content (AvgIpc) is 3.13. The first-order valence-corrected chi connectivity index (χ1v) is 22.3. The second-order valence-electron chi connectivity index (χ2n) is 15.8. The lowest BCUT2D eigenvalue weighted by molar-refractivity contribution is -0.167. The topological polar surface area (TPSA) is 78.9 Å². The molecule has 6 nitrogen and oxygen atoms in total. The third kappa shape index (κ3) is 36.6. The van der Waals surface area contributed by atoms with Gasteiger partial charge in [0.1, 0.15) is 13.2 Å². The maximum absolute atomic E-state index is 12.7. The van der Waals surface area contributed by atoms with Crippen LogP contribution in [0.2, 0.25) is 0 Å². The summed E-state index contributed by atoms with van der Waals surface area (Å²) in [5, 5.41) is 0. The van der Waals surface area contributed by atoms with Gasteiger partial charge in [0.15, 0.2) is 6.10 Å². The maximum Gasteiger partial charge on any atom is 0.306 e. The van der Waals surface area contributed by atoms with Crippen LogP contribution in [0.3, 0.4) is 0 Å². The summed E-state index contributed by atoms with van der Waals surface area (Å²) in [6, 6.07) is 0. The zero-order chi connectivity index (χ0) is 37.6. The zero-order valence-corrected chi connectivity index (χ0v) is 34.7. The Balaban J connectivity index is 4.34. The van der Waals surface area contributed by atoms with Gasteiger partial charge in [-0.1, -0.05) is 202 Å². The van der Waals surface area contributed by atoms with Gasteiger partial charge in [0.2, 0.25) is 0 Å². The molecule has 0 aromatic rings. The molecule has 3 atom stereocenters. The van der Waals surface area contributed by atoms with Crippen molar-refractivity contribution in [3.63, 3.8) is 0 Å². The van der Waals surface area contributed by atoms with Crippen molar-refractivity contribution in [1.82, 2.24) is 0 Å². The molecule has 51 heavy (non-hydrogen) atoms. The Labute approximate surface area is 317 Å². The molecule has 0 saturated carbocycles. The second-order valence-corrected chi connectivity index (χ2v) is 15.8. The van der Waals surface area contributed by atoms with Crippen LogP contribution in [-0.2, 0) is 28.6 Å². The molecule has 0 fully saturated rings. The van der Waals surface area contributed by atoms with Gasteiger partial charge in [0.05, 0.1) is 0 Å². The molecule has 0 aliphatic heterocycles. The molecule has 0 amide bonds. The summed E-state index contributed by atoms with van der Waals surface area (Å²) in [4.78, 5) is 37.6. The largest absolute Gasteiger partial charge is 0.462 e. The number of ether oxygens (including phenoxy) is 3. The van der Waals surface area contributed by atoms with E-state index in [0.29, 0.717) is 19.3 Å². The Kier molecular flexibility index (Phi) is 37.0. The van der Waals surface area contributed by atoms with E-state index in [1.165, 1.54) is 128 Å². The van der Waals surface area contributed by atoms with Crippen LogP contribution in [0.15, 0.2) is 0 Å². The van der Waals surface area contributed by atoms with E-state index in [9.17, 15) is 14.4 Å². The van der Waals surface area contributed by atoms with Crippen molar-refractivity contribution in [3.8, 4) is 0 Å². The van der Waals surface area contributed by atoms with Crippen molar-refractivity contribution in [1.29, 1.82) is 0 Å². The fourth-order valence-electron chi connectivity index (χ4n) is 6.51. The number of hydrogen-bond acceptors (Lipinski definition) is 6. The van der Waals surface area contributed by atoms with Gasteiger partial charge < -0.3 is 14.2 Å². The highest BCUT2D eigenvalue weighted by Gasteiger charge is 2.19. The lowest BCUT2D eigenvalue weighted by atomic mass is 9.99. The minimum atomic E-state index is -0.760. The summed E-state index contributed by atoms with van der Waals surface area (Å²) >= 11 is 0. The van der Waals surface area contributed by atoms with Crippen LogP contribution in [0.1, 0.15) is 240 Å². The van der Waals surface area contributed by atoms with Crippen molar-refractivity contribution < 1.29 is 28.6 Å². The minimum Gasteiger partial charge on any atom is -0.462 e. The molecule has 0 rings (SSSR count). The molecule has 0 bridgehead atoms. The highest BCUT2D eigenvalue weighted by atomic mass is 16.6. The number of hydrogen-bond donors (Lipinski definition) is 0. The fourth-order valence-corrected chi connectivity index (χ4v) is 6.51. The fraction of sp³-hybridized carbons (Fsp3) is 0.933. The normalized spacial score (nSPS) is 13.1. The molecule has 0 heterocycles. The summed E-state index contributed by atoms with van der Waals surface area (Å²) in [6.45, 7) is 11.3. The van der Waals surface area contributed by atoms with Crippen molar-refractivity contribution >= 4 is 17.9 Å². The Morgan fingerprint density at radius 3 is 1.02 bits per heavy atom. The number of unbranched alkanes of at least 4 members (excludes halogenated alkanes) is 22. The Morgan fingerprint density at radius 1 is 0.392 bits per heavy atom. The summed E-state index contributed by atoms with van der Waals surface area (Å²) in [6.07, 6.45) is 35.1. The molecule has 0 N–H and O–H groups in total. The molecule has 6 heteroatoms. The van der Waals surface area contributed by atoms with Crippen LogP contribution < -0.4 is 0 Å². The highest BCUT2D eigenvalue weighted by molar-refractivity contribution is 5.71. The molecule has 0 spiro atoms. The molecule has 0 radical (unpaired) electrons. The quantitative estimate of drug-likeness (QED) is 0.0357. The summed E-state index contributed by atoms with van der Waals surface area (Å²) < 4.78 is 16.7. The van der Waals surface area contributed by atoms with Crippen molar-refractivity contribution in [2.45, 2.75) is 246 Å². The van der Waals surface area contributed by atoms with Crippen LogP contribution in [0.5, 0.6) is 0 Å². The predicted octanol–water partition coefficient (Wildman–Crippen LogP) is 13.8. The number of rotatable bonds is 39. The lowest BCUT2D eigenvalue weighted by Crippen LogP contribution is -2.30. The number of carbonyl (C=O) groups excluding carboxylic acids is 3. The monoisotopic (exact) mass is 723 g/mol. The molecular weight excluding hydrogens is 636 g/mol. The smallest absolute Gasteiger partial charge is 0.306 e. The third-order valence-electron chi connectivity index (χ3n) is 10.7. The first kappa shape index (κ1) is 49.4. The van der Waals surface area contributed by atoms with E-state index in [1.807, 2.05) is 0 Å². The Morgan fingerprint density at radius 2 is 0.686 bits per heavy atom. The van der Waals surface area contributed by atoms with Gasteiger partial charge >= 0.3 is 17.9 Å². The first-order chi connectivity index (χ1) is 24.8. The SMILES string of the molecule is CCCCCCCCCCCC(=O)OC[C@@H](COC(=O)CCCCCCCCC(C)CC)OC(=O)CCCCCCCCCCCCC(C)CC. The van der Waals surface area contributed by atoms with Gasteiger partial charge in [0.25, 0.3) is 0 Å². The standard InChI is InChI=1S/C45H86O6/c1-6-9-10-11-12-15-19-25-30-35-43(46)49-38-42(39-50-44(47)36-31-26-22-21-24-29-34-41(5)8-3)51-45(48)37-32-27-20-17-14-13-16-18-23-28-33-40(4)7-2/h40-42H,6-39H2,1-5H3/t40?,41?,42-/m0/s1. The van der Waals surface area contributed by atoms with E-state index < -0.39 is 6.10 Å². The van der Waals surface area contributed by atoms with Crippen molar-refractivity contribution in [2.75, 3.05) is 13.2 Å². The van der Waals surface area contributed by atoms with Crippen molar-refractivity contribution in [2.24, 2.45) is 11.8 Å². The minimum absolute atomic E-state index is 0.0659. The van der Waals surface area contributed by atoms with Crippen LogP contribution in [0, 0.1) is 11.8 Å². The highest BCUT2D eigenvalue weighted by Crippen LogP contribution is 2.17. The molecular formula is C45H86O6. The molecule has 0 saturated heterocycles. The summed E-state index contributed by atoms with van der Waals surface area (Å²) in [5.41, 5.74) is 0. The molecule has 302 valence electrons. The van der Waals surface area contributed by atoms with E-state index in [-0.39, 0.29) is 31.1 Å². The summed E-state index contributed by atoms with van der Waals surface area (Å²) in [7, 11) is 0. The van der Waals surface area contributed by atoms with E-state index in [2.05, 4.69) is 34.6 Å². The number of carbonyl (C=O) groups is 3. The second kappa shape index (κ2) is 38.1. The molecule has 0 aromatic carbocycles. The van der Waals surface area contributed by atoms with E-state index >= 15 is 0 Å². The van der Waals surface area contributed by atoms with Crippen LogP contribution in [-0.4, -0.2) is 37.2 Å². The van der Waals surface area contributed by atoms with Crippen LogP contribution in [0.25, 0.3) is 0 Å². The van der Waals surface area contributed by atoms with Crippen LogP contribution in [0.4, 0.5) is 0 Å². The van der Waals surface area contributed by atoms with Gasteiger partial charge in [0, 0.05) is 19.3 Å². The van der Waals surface area contributed by atoms with Gasteiger partial charge in [-0.25, -0.2) is 0 Å². The summed E-state index contributed by atoms with van der Waals surface area (Å²) in [5.74, 6) is 0.818. The molecule has 2 unspecified atom stereocenters. The number of esters is 3. The van der Waals surface area contributed by atoms with Gasteiger partial charge in [-0.3, -0.25) is 14.4 Å². The predicted molar refractivity (Wildman–Crippen MR) is 215 cm³/mol. The van der Waals surface area contributed by atoms with E-state index in [4.69, 9.17) is 14.2 Å². The average molecular weight is 723 g/mol. The first-order valence-electron chi connectivity index (χ1n) is 22.3.